The number of nitrogens with two attached hydrogens (primary N) is 1. The third-order valence-corrected chi connectivity index (χ3v) is 6.61. The molecule has 12 heteroatoms. The van der Waals surface area contributed by atoms with Crippen LogP contribution in [0.25, 0.3) is 22.1 Å². The summed E-state index contributed by atoms with van der Waals surface area (Å²) in [7, 11) is 0. The first-order valence-electron chi connectivity index (χ1n) is 11.2. The van der Waals surface area contributed by atoms with Crippen LogP contribution in [0, 0.1) is 11.8 Å². The van der Waals surface area contributed by atoms with Gasteiger partial charge in [-0.15, -0.1) is 0 Å². The number of anilines is 1. The Labute approximate surface area is 209 Å². The third kappa shape index (κ3) is 3.93. The van der Waals surface area contributed by atoms with Crippen LogP contribution in [0.2, 0.25) is 5.02 Å². The summed E-state index contributed by atoms with van der Waals surface area (Å²) in [6, 6.07) is 1.78. The van der Waals surface area contributed by atoms with Crippen LogP contribution in [0.1, 0.15) is 30.6 Å². The Balaban J connectivity index is 1.57. The van der Waals surface area contributed by atoms with Gasteiger partial charge in [-0.1, -0.05) is 24.1 Å². The van der Waals surface area contributed by atoms with Gasteiger partial charge in [-0.2, -0.15) is 5.10 Å². The molecule has 1 unspecified atom stereocenters. The van der Waals surface area contributed by atoms with Crippen molar-refractivity contribution in [1.82, 2.24) is 34.2 Å². The summed E-state index contributed by atoms with van der Waals surface area (Å²) in [5, 5.41) is 5.41. The van der Waals surface area contributed by atoms with E-state index in [2.05, 4.69) is 38.5 Å². The Morgan fingerprint density at radius 3 is 2.86 bits per heavy atom. The maximum Gasteiger partial charge on any atom is 0.258 e. The van der Waals surface area contributed by atoms with Crippen molar-refractivity contribution in [3.63, 3.8) is 0 Å². The lowest BCUT2D eigenvalue weighted by molar-refractivity contribution is -0.129. The van der Waals surface area contributed by atoms with E-state index in [1.165, 1.54) is 11.0 Å². The van der Waals surface area contributed by atoms with E-state index >= 15 is 0 Å². The second-order valence-corrected chi connectivity index (χ2v) is 8.75. The van der Waals surface area contributed by atoms with Crippen LogP contribution in [-0.4, -0.2) is 59.1 Å². The largest absolute Gasteiger partial charge is 0.383 e. The van der Waals surface area contributed by atoms with Crippen molar-refractivity contribution in [3.05, 3.63) is 53.7 Å². The molecule has 0 saturated carbocycles. The first-order chi connectivity index (χ1) is 17.3. The normalized spacial score (nSPS) is 17.6. The van der Waals surface area contributed by atoms with E-state index in [1.54, 1.807) is 18.5 Å². The van der Waals surface area contributed by atoms with E-state index in [0.717, 1.165) is 28.6 Å². The summed E-state index contributed by atoms with van der Waals surface area (Å²) in [4.78, 5) is 26.0. The summed E-state index contributed by atoms with van der Waals surface area (Å²) in [6.07, 6.45) is 1.31. The molecule has 0 radical (unpaired) electrons. The number of hydrogen-bond acceptors (Lipinski definition) is 6. The van der Waals surface area contributed by atoms with Gasteiger partial charge in [0.15, 0.2) is 5.65 Å². The number of aryl methyl sites for hydroxylation is 1. The highest BCUT2D eigenvalue weighted by atomic mass is 35.5. The highest BCUT2D eigenvalue weighted by molar-refractivity contribution is 6.32. The number of amides is 1. The first kappa shape index (κ1) is 23.7. The van der Waals surface area contributed by atoms with Crippen molar-refractivity contribution in [2.24, 2.45) is 0 Å². The molecule has 5 rings (SSSR count). The van der Waals surface area contributed by atoms with Gasteiger partial charge in [0, 0.05) is 18.7 Å². The molecule has 2 N–H and O–H groups in total. The summed E-state index contributed by atoms with van der Waals surface area (Å²) in [5.41, 5.74) is 8.94. The lowest BCUT2D eigenvalue weighted by Gasteiger charge is -2.21. The fraction of sp³-hybridized carbons (Fsp3) is 0.292. The average Bonchev–Trinajstić information content (AvgIpc) is 3.57. The minimum absolute atomic E-state index is 0.00656. The monoisotopic (exact) mass is 510 g/mol. The third-order valence-electron chi connectivity index (χ3n) is 6.30. The van der Waals surface area contributed by atoms with Crippen molar-refractivity contribution in [2.45, 2.75) is 38.4 Å². The van der Waals surface area contributed by atoms with Crippen LogP contribution in [0.3, 0.4) is 0 Å². The molecule has 184 valence electrons. The summed E-state index contributed by atoms with van der Waals surface area (Å²) in [5.74, 6) is 5.60. The molecular formula is C24H21ClF2N8O. The number of carbonyl (C=O) groups excluding carboxylic acids is 1. The Morgan fingerprint density at radius 1 is 1.33 bits per heavy atom. The van der Waals surface area contributed by atoms with E-state index < -0.39 is 24.4 Å². The van der Waals surface area contributed by atoms with Crippen molar-refractivity contribution >= 4 is 45.4 Å². The lowest BCUT2D eigenvalue weighted by Crippen LogP contribution is -2.38. The predicted octanol–water partition coefficient (Wildman–Crippen LogP) is 3.42. The fourth-order valence-electron chi connectivity index (χ4n) is 4.52. The van der Waals surface area contributed by atoms with Crippen LogP contribution >= 0.6 is 11.6 Å². The Kier molecular flexibility index (Phi) is 6.05. The highest BCUT2D eigenvalue weighted by Gasteiger charge is 2.41. The molecular weight excluding hydrogens is 490 g/mol. The number of fused-ring (bicyclic) bond motifs is 2. The fourth-order valence-corrected chi connectivity index (χ4v) is 4.73. The number of carbonyl (C=O) groups is 1. The van der Waals surface area contributed by atoms with Gasteiger partial charge in [0.25, 0.3) is 6.43 Å². The van der Waals surface area contributed by atoms with Crippen molar-refractivity contribution in [3.8, 4) is 11.8 Å². The molecule has 4 heterocycles. The van der Waals surface area contributed by atoms with E-state index in [0.29, 0.717) is 21.6 Å². The van der Waals surface area contributed by atoms with E-state index in [4.69, 9.17) is 17.3 Å². The molecule has 1 aliphatic rings. The molecule has 3 aromatic heterocycles. The van der Waals surface area contributed by atoms with Crippen LogP contribution in [0.15, 0.2) is 37.4 Å². The lowest BCUT2D eigenvalue weighted by atomic mass is 10.1. The molecule has 36 heavy (non-hydrogen) atoms. The molecule has 1 aliphatic heterocycles. The molecule has 2 atom stereocenters. The number of aromatic nitrogens is 6. The number of imidazole rings is 1. The van der Waals surface area contributed by atoms with Gasteiger partial charge in [0.05, 0.1) is 39.9 Å². The van der Waals surface area contributed by atoms with E-state index in [9.17, 15) is 13.6 Å². The van der Waals surface area contributed by atoms with Gasteiger partial charge in [-0.3, -0.25) is 4.79 Å². The molecule has 9 nitrogen and oxygen atoms in total. The maximum atomic E-state index is 13.7. The molecule has 1 fully saturated rings. The quantitative estimate of drug-likeness (QED) is 0.333. The molecule has 1 amide bonds. The number of nitrogen functional groups attached to an aromatic ring is 1. The zero-order chi connectivity index (χ0) is 25.6. The van der Waals surface area contributed by atoms with Gasteiger partial charge in [-0.05, 0) is 37.5 Å². The molecule has 1 saturated heterocycles. The Bertz CT molecular complexity index is 1570. The number of benzene rings is 1. The van der Waals surface area contributed by atoms with Crippen molar-refractivity contribution in [2.75, 3.05) is 12.3 Å². The smallest absolute Gasteiger partial charge is 0.258 e. The van der Waals surface area contributed by atoms with E-state index in [1.807, 2.05) is 11.5 Å². The molecule has 0 bridgehead atoms. The van der Waals surface area contributed by atoms with Crippen LogP contribution < -0.4 is 5.73 Å². The van der Waals surface area contributed by atoms with Gasteiger partial charge >= 0.3 is 0 Å². The van der Waals surface area contributed by atoms with E-state index in [-0.39, 0.29) is 24.5 Å². The minimum Gasteiger partial charge on any atom is -0.383 e. The number of alkyl halides is 2. The number of rotatable bonds is 4. The summed E-state index contributed by atoms with van der Waals surface area (Å²) < 4.78 is 30.9. The summed E-state index contributed by atoms with van der Waals surface area (Å²) in [6.45, 7) is 6.21. The second-order valence-electron chi connectivity index (χ2n) is 8.34. The van der Waals surface area contributed by atoms with Gasteiger partial charge in [0.1, 0.15) is 17.8 Å². The SMILES string of the molecule is C=CC(=O)N1CC(n2nc(C#Cc3cc4ncn(CC)c4cc3Cl)c3c(N)ncnc32)C[C@@H]1C(F)F. The number of hydrogen-bond donors (Lipinski definition) is 1. The minimum atomic E-state index is -2.71. The zero-order valence-electron chi connectivity index (χ0n) is 19.2. The number of halogens is 3. The Morgan fingerprint density at radius 2 is 2.14 bits per heavy atom. The molecule has 4 aromatic rings. The average molecular weight is 511 g/mol. The maximum absolute atomic E-state index is 13.7. The molecule has 1 aromatic carbocycles. The molecule has 0 aliphatic carbocycles. The van der Waals surface area contributed by atoms with Crippen molar-refractivity contribution < 1.29 is 13.6 Å². The first-order valence-corrected chi connectivity index (χ1v) is 11.6. The second kappa shape index (κ2) is 9.20. The van der Waals surface area contributed by atoms with Crippen molar-refractivity contribution in [1.29, 1.82) is 0 Å². The predicted molar refractivity (Wildman–Crippen MR) is 131 cm³/mol. The zero-order valence-corrected chi connectivity index (χ0v) is 20.0. The Hall–Kier alpha value is -4.04. The van der Waals surface area contributed by atoms with Crippen LogP contribution in [0.4, 0.5) is 14.6 Å². The summed E-state index contributed by atoms with van der Waals surface area (Å²) >= 11 is 6.48. The molecule has 0 spiro atoms. The topological polar surface area (TPSA) is 108 Å². The standard InChI is InChI=1S/C24H21ClF2N8O/c1-3-20(36)34-10-14(8-19(34)22(26)27)35-24-21(23(28)29-11-30-24)16(32-35)6-5-13-7-17-18(9-15(13)25)33(4-2)12-31-17/h3,7,9,11-12,14,19,22H,1,4,8,10H2,2H3,(H2,28,29,30)/t14?,19-/m1/s1. The number of nitrogens with zero attached hydrogens (tertiary/aromatic N) is 7. The van der Waals surface area contributed by atoms with Crippen LogP contribution in [-0.2, 0) is 11.3 Å². The van der Waals surface area contributed by atoms with Gasteiger partial charge in [-0.25, -0.2) is 28.4 Å². The highest BCUT2D eigenvalue weighted by Crippen LogP contribution is 2.34. The van der Waals surface area contributed by atoms with Gasteiger partial charge in [0.2, 0.25) is 5.91 Å². The number of likely N-dealkylation sites (tertiary alicyclic amines) is 1. The van der Waals surface area contributed by atoms with Gasteiger partial charge < -0.3 is 15.2 Å². The van der Waals surface area contributed by atoms with Crippen LogP contribution in [0.5, 0.6) is 0 Å².